The molecule has 0 nitrogen and oxygen atoms in total. The van der Waals surface area contributed by atoms with Crippen LogP contribution in [-0.4, -0.2) is 0 Å². The zero-order valence-corrected chi connectivity index (χ0v) is 20.1. The number of hydrogen-bond donors (Lipinski definition) is 0. The van der Waals surface area contributed by atoms with E-state index in [-0.39, 0.29) is 0 Å². The molecule has 0 spiro atoms. The van der Waals surface area contributed by atoms with Crippen molar-refractivity contribution in [2.45, 2.75) is 85.0 Å². The van der Waals surface area contributed by atoms with Gasteiger partial charge in [0, 0.05) is 0 Å². The van der Waals surface area contributed by atoms with Gasteiger partial charge >= 0.3 is 0 Å². The maximum absolute atomic E-state index is 2.66. The van der Waals surface area contributed by atoms with Gasteiger partial charge in [0.2, 0.25) is 0 Å². The number of aryl methyl sites for hydroxylation is 1. The first kappa shape index (κ1) is 22.4. The molecule has 2 aliphatic carbocycles. The predicted molar refractivity (Wildman–Crippen MR) is 135 cm³/mol. The Bertz CT molecular complexity index is 848. The molecule has 4 rings (SSSR count). The summed E-state index contributed by atoms with van der Waals surface area (Å²) >= 11 is 0. The van der Waals surface area contributed by atoms with Crippen molar-refractivity contribution in [2.75, 3.05) is 0 Å². The van der Waals surface area contributed by atoms with Crippen LogP contribution in [-0.2, 0) is 12.8 Å². The Hall–Kier alpha value is -1.82. The lowest BCUT2D eigenvalue weighted by atomic mass is 9.79. The van der Waals surface area contributed by atoms with Gasteiger partial charge in [-0.25, -0.2) is 0 Å². The first-order valence-electron chi connectivity index (χ1n) is 12.9. The normalized spacial score (nSPS) is 25.5. The molecule has 0 heterocycles. The summed E-state index contributed by atoms with van der Waals surface area (Å²) in [6, 6.07) is 18.1. The topological polar surface area (TPSA) is 0 Å². The van der Waals surface area contributed by atoms with E-state index in [1.54, 1.807) is 16.7 Å². The summed E-state index contributed by atoms with van der Waals surface area (Å²) < 4.78 is 0. The smallest absolute Gasteiger partial charge is 0.0146 e. The lowest BCUT2D eigenvalue weighted by molar-refractivity contribution is 0.270. The molecule has 2 aromatic rings. The minimum Gasteiger partial charge on any atom is -0.0769 e. The summed E-state index contributed by atoms with van der Waals surface area (Å²) in [4.78, 5) is 0. The predicted octanol–water partition coefficient (Wildman–Crippen LogP) is 8.82. The molecule has 0 amide bonds. The van der Waals surface area contributed by atoms with Gasteiger partial charge in [-0.3, -0.25) is 0 Å². The first-order chi connectivity index (χ1) is 15.1. The number of fused-ring (bicyclic) bond motifs is 1. The third kappa shape index (κ3) is 5.91. The molecule has 166 valence electrons. The second-order valence-electron chi connectivity index (χ2n) is 10.7. The second kappa shape index (κ2) is 10.7. The Balaban J connectivity index is 1.52. The molecule has 0 bridgehead atoms. The third-order valence-electron chi connectivity index (χ3n) is 8.15. The van der Waals surface area contributed by atoms with Crippen molar-refractivity contribution >= 4 is 5.57 Å². The van der Waals surface area contributed by atoms with Crippen LogP contribution in [0.3, 0.4) is 0 Å². The molecule has 0 N–H and O–H groups in total. The van der Waals surface area contributed by atoms with Crippen LogP contribution in [0.2, 0.25) is 0 Å². The summed E-state index contributed by atoms with van der Waals surface area (Å²) in [5.74, 6) is 3.31. The van der Waals surface area contributed by atoms with Crippen molar-refractivity contribution < 1.29 is 0 Å². The van der Waals surface area contributed by atoms with Crippen LogP contribution in [0.5, 0.6) is 0 Å². The second-order valence-corrected chi connectivity index (χ2v) is 10.7. The molecule has 31 heavy (non-hydrogen) atoms. The molecule has 0 aliphatic heterocycles. The van der Waals surface area contributed by atoms with E-state index in [4.69, 9.17) is 0 Å². The lowest BCUT2D eigenvalue weighted by Gasteiger charge is -2.26. The van der Waals surface area contributed by atoms with Gasteiger partial charge in [0.1, 0.15) is 0 Å². The van der Waals surface area contributed by atoms with Gasteiger partial charge in [-0.15, -0.1) is 0 Å². The maximum atomic E-state index is 2.66. The molecule has 0 saturated heterocycles. The van der Waals surface area contributed by atoms with E-state index >= 15 is 0 Å². The van der Waals surface area contributed by atoms with Gasteiger partial charge in [-0.1, -0.05) is 101 Å². The van der Waals surface area contributed by atoms with Crippen molar-refractivity contribution in [3.63, 3.8) is 0 Å². The molecule has 1 fully saturated rings. The first-order valence-corrected chi connectivity index (χ1v) is 12.9. The lowest BCUT2D eigenvalue weighted by Crippen LogP contribution is -2.14. The molecule has 1 saturated carbocycles. The highest BCUT2D eigenvalue weighted by Gasteiger charge is 2.23. The average Bonchev–Trinajstić information content (AvgIpc) is 3.19. The molecular weight excluding hydrogens is 372 g/mol. The number of rotatable bonds is 5. The zero-order valence-electron chi connectivity index (χ0n) is 20.1. The summed E-state index contributed by atoms with van der Waals surface area (Å²) in [5.41, 5.74) is 7.65. The fourth-order valence-corrected chi connectivity index (χ4v) is 6.31. The molecule has 0 radical (unpaired) electrons. The van der Waals surface area contributed by atoms with Gasteiger partial charge in [0.25, 0.3) is 0 Å². The van der Waals surface area contributed by atoms with Gasteiger partial charge in [-0.05, 0) is 90.5 Å². The minimum atomic E-state index is 0.657. The summed E-state index contributed by atoms with van der Waals surface area (Å²) in [6.45, 7) is 7.31. The van der Waals surface area contributed by atoms with Crippen molar-refractivity contribution in [1.29, 1.82) is 0 Å². The minimum absolute atomic E-state index is 0.657. The quantitative estimate of drug-likeness (QED) is 0.458. The van der Waals surface area contributed by atoms with Gasteiger partial charge in [-0.2, -0.15) is 0 Å². The van der Waals surface area contributed by atoms with Crippen LogP contribution >= 0.6 is 0 Å². The molecule has 2 aromatic carbocycles. The van der Waals surface area contributed by atoms with E-state index in [1.807, 2.05) is 0 Å². The Morgan fingerprint density at radius 1 is 0.871 bits per heavy atom. The van der Waals surface area contributed by atoms with E-state index < -0.39 is 0 Å². The van der Waals surface area contributed by atoms with Gasteiger partial charge in [0.15, 0.2) is 0 Å². The van der Waals surface area contributed by atoms with Crippen LogP contribution in [0.15, 0.2) is 54.6 Å². The number of hydrogen-bond acceptors (Lipinski definition) is 0. The fraction of sp³-hybridized carbons (Fsp3) is 0.548. The largest absolute Gasteiger partial charge is 0.0769 e. The van der Waals surface area contributed by atoms with Crippen LogP contribution in [0, 0.1) is 30.6 Å². The van der Waals surface area contributed by atoms with Crippen LogP contribution in [0.4, 0.5) is 0 Å². The van der Waals surface area contributed by atoms with Crippen LogP contribution < -0.4 is 0 Å². The SMILES string of the molecule is Cc1ccccc1/C(=C/C1Cc2ccccc2C1)CC[C@H]1CCCCCC(C)CC1C. The Morgan fingerprint density at radius 2 is 1.55 bits per heavy atom. The summed E-state index contributed by atoms with van der Waals surface area (Å²) in [7, 11) is 0. The zero-order chi connectivity index (χ0) is 21.6. The van der Waals surface area contributed by atoms with E-state index in [9.17, 15) is 0 Å². The Kier molecular flexibility index (Phi) is 7.70. The summed E-state index contributed by atoms with van der Waals surface area (Å²) in [6.07, 6.45) is 16.3. The third-order valence-corrected chi connectivity index (χ3v) is 8.15. The van der Waals surface area contributed by atoms with E-state index in [0.29, 0.717) is 5.92 Å². The van der Waals surface area contributed by atoms with Crippen molar-refractivity contribution in [3.8, 4) is 0 Å². The molecule has 3 atom stereocenters. The van der Waals surface area contributed by atoms with E-state index in [1.165, 1.54) is 75.3 Å². The van der Waals surface area contributed by atoms with Gasteiger partial charge in [0.05, 0.1) is 0 Å². The highest BCUT2D eigenvalue weighted by atomic mass is 14.3. The molecular formula is C31H42. The average molecular weight is 415 g/mol. The summed E-state index contributed by atoms with van der Waals surface area (Å²) in [5, 5.41) is 0. The number of benzene rings is 2. The molecule has 2 aliphatic rings. The molecule has 2 unspecified atom stereocenters. The van der Waals surface area contributed by atoms with E-state index in [0.717, 1.165) is 17.8 Å². The number of allylic oxidation sites excluding steroid dienone is 2. The monoisotopic (exact) mass is 414 g/mol. The van der Waals surface area contributed by atoms with Crippen LogP contribution in [0.1, 0.15) is 87.5 Å². The molecule has 0 aromatic heterocycles. The van der Waals surface area contributed by atoms with Crippen LogP contribution in [0.25, 0.3) is 5.57 Å². The fourth-order valence-electron chi connectivity index (χ4n) is 6.31. The highest BCUT2D eigenvalue weighted by molar-refractivity contribution is 5.68. The highest BCUT2D eigenvalue weighted by Crippen LogP contribution is 2.37. The van der Waals surface area contributed by atoms with Crippen molar-refractivity contribution in [1.82, 2.24) is 0 Å². The standard InChI is InChI=1S/C31H42/c1-23-11-5-4-6-13-27(25(3)19-23)17-18-30(31-16-10-7-12-24(31)2)22-26-20-28-14-8-9-15-29(28)21-26/h7-10,12,14-16,22-23,25-27H,4-6,11,13,17-21H2,1-3H3/b30-22+/t23?,25?,27-/m1/s1. The van der Waals surface area contributed by atoms with Crippen molar-refractivity contribution in [2.24, 2.45) is 23.7 Å². The Morgan fingerprint density at radius 3 is 2.29 bits per heavy atom. The maximum Gasteiger partial charge on any atom is -0.0146 e. The van der Waals surface area contributed by atoms with Crippen molar-refractivity contribution in [3.05, 3.63) is 76.9 Å². The van der Waals surface area contributed by atoms with Gasteiger partial charge < -0.3 is 0 Å². The molecule has 0 heteroatoms. The van der Waals surface area contributed by atoms with E-state index in [2.05, 4.69) is 75.4 Å². The Labute approximate surface area is 191 Å².